The van der Waals surface area contributed by atoms with Gasteiger partial charge in [0.15, 0.2) is 9.84 Å². The third-order valence-electron chi connectivity index (χ3n) is 4.34. The van der Waals surface area contributed by atoms with E-state index in [1.54, 1.807) is 31.2 Å². The molecule has 0 aromatic heterocycles. The van der Waals surface area contributed by atoms with E-state index < -0.39 is 27.8 Å². The molecule has 154 valence electrons. The van der Waals surface area contributed by atoms with E-state index >= 15 is 0 Å². The summed E-state index contributed by atoms with van der Waals surface area (Å²) in [5.74, 6) is -0.988. The molecule has 1 aliphatic rings. The lowest BCUT2D eigenvalue weighted by Crippen LogP contribution is -2.16. The molecule has 1 unspecified atom stereocenters. The van der Waals surface area contributed by atoms with Crippen molar-refractivity contribution in [1.82, 2.24) is 0 Å². The predicted octanol–water partition coefficient (Wildman–Crippen LogP) is 2.29. The fourth-order valence-electron chi connectivity index (χ4n) is 3.05. The third kappa shape index (κ3) is 4.41. The molecule has 2 aromatic carbocycles. The van der Waals surface area contributed by atoms with Crippen molar-refractivity contribution in [2.45, 2.75) is 30.3 Å². The van der Waals surface area contributed by atoms with Gasteiger partial charge in [-0.3, -0.25) is 0 Å². The maximum Gasteiger partial charge on any atom is 0.342 e. The highest BCUT2D eigenvalue weighted by Crippen LogP contribution is 2.33. The highest BCUT2D eigenvalue weighted by Gasteiger charge is 2.29. The Morgan fingerprint density at radius 2 is 1.97 bits per heavy atom. The van der Waals surface area contributed by atoms with Gasteiger partial charge in [0, 0.05) is 5.56 Å². The van der Waals surface area contributed by atoms with Gasteiger partial charge in [0.1, 0.15) is 11.3 Å². The molecule has 0 radical (unpaired) electrons. The fourth-order valence-corrected chi connectivity index (χ4v) is 4.44. The third-order valence-corrected chi connectivity index (χ3v) is 6.02. The van der Waals surface area contributed by atoms with Gasteiger partial charge in [-0.05, 0) is 30.7 Å². The van der Waals surface area contributed by atoms with Crippen molar-refractivity contribution in [2.75, 3.05) is 13.7 Å². The summed E-state index contributed by atoms with van der Waals surface area (Å²) in [5, 5.41) is 13.4. The lowest BCUT2D eigenvalue weighted by molar-refractivity contribution is -0.0762. The fraction of sp³-hybridized carbons (Fsp3) is 0.300. The van der Waals surface area contributed by atoms with Crippen molar-refractivity contribution < 1.29 is 32.6 Å². The lowest BCUT2D eigenvalue weighted by Gasteiger charge is -2.16. The molecule has 0 aliphatic carbocycles. The number of benzene rings is 2. The minimum Gasteiger partial charge on any atom is -0.495 e. The first-order valence-corrected chi connectivity index (χ1v) is 10.6. The molecular formula is C20H21NO7S. The Morgan fingerprint density at radius 3 is 2.55 bits per heavy atom. The van der Waals surface area contributed by atoms with Crippen LogP contribution in [0.5, 0.6) is 5.75 Å². The number of esters is 1. The van der Waals surface area contributed by atoms with E-state index in [9.17, 15) is 18.3 Å². The summed E-state index contributed by atoms with van der Waals surface area (Å²) in [6.07, 6.45) is -0.973. The normalized spacial score (nSPS) is 16.1. The molecule has 29 heavy (non-hydrogen) atoms. The summed E-state index contributed by atoms with van der Waals surface area (Å²) in [6.45, 7) is 1.76. The molecule has 1 heterocycles. The molecule has 1 N–H and O–H groups in total. The zero-order valence-corrected chi connectivity index (χ0v) is 16.8. The number of oxime groups is 1. The summed E-state index contributed by atoms with van der Waals surface area (Å²) >= 11 is 0. The minimum atomic E-state index is -3.71. The number of carbonyl (C=O) groups is 1. The molecule has 0 amide bonds. The predicted molar refractivity (Wildman–Crippen MR) is 105 cm³/mol. The van der Waals surface area contributed by atoms with Crippen molar-refractivity contribution in [1.29, 1.82) is 0 Å². The first-order chi connectivity index (χ1) is 13.9. The number of methoxy groups -OCH3 is 1. The Bertz CT molecular complexity index is 1030. The van der Waals surface area contributed by atoms with E-state index in [4.69, 9.17) is 14.3 Å². The number of aliphatic hydroxyl groups excluding tert-OH is 1. The van der Waals surface area contributed by atoms with Crippen LogP contribution >= 0.6 is 0 Å². The molecule has 0 saturated carbocycles. The standard InChI is InChI=1S/C20H21NO7S/c1-3-27-20(23)18-13(12-29(24,25)14-7-5-4-6-8-14)9-10-15(19(18)26-2)16-11-17(22)28-21-16/h4-10,17,22H,3,11-12H2,1-2H3. The topological polar surface area (TPSA) is 111 Å². The summed E-state index contributed by atoms with van der Waals surface area (Å²) in [6, 6.07) is 11.1. The summed E-state index contributed by atoms with van der Waals surface area (Å²) in [7, 11) is -2.34. The zero-order valence-electron chi connectivity index (χ0n) is 16.0. The molecule has 1 aliphatic heterocycles. The Balaban J connectivity index is 2.10. The van der Waals surface area contributed by atoms with Gasteiger partial charge >= 0.3 is 5.97 Å². The maximum absolute atomic E-state index is 12.8. The Morgan fingerprint density at radius 1 is 1.24 bits per heavy atom. The van der Waals surface area contributed by atoms with E-state index in [-0.39, 0.29) is 34.8 Å². The minimum absolute atomic E-state index is 0.00967. The number of hydrogen-bond acceptors (Lipinski definition) is 8. The summed E-state index contributed by atoms with van der Waals surface area (Å²) in [5.41, 5.74) is 1.06. The molecule has 3 rings (SSSR count). The molecule has 0 spiro atoms. The second-order valence-electron chi connectivity index (χ2n) is 6.28. The van der Waals surface area contributed by atoms with Crippen molar-refractivity contribution in [3.63, 3.8) is 0 Å². The quantitative estimate of drug-likeness (QED) is 0.685. The van der Waals surface area contributed by atoms with E-state index in [0.29, 0.717) is 11.3 Å². The highest BCUT2D eigenvalue weighted by atomic mass is 32.2. The van der Waals surface area contributed by atoms with E-state index in [0.717, 1.165) is 0 Å². The van der Waals surface area contributed by atoms with Crippen molar-refractivity contribution in [3.8, 4) is 5.75 Å². The number of carbonyl (C=O) groups excluding carboxylic acids is 1. The van der Waals surface area contributed by atoms with Gasteiger partial charge in [-0.1, -0.05) is 29.4 Å². The molecule has 9 heteroatoms. The van der Waals surface area contributed by atoms with E-state index in [1.807, 2.05) is 0 Å². The number of sulfone groups is 1. The molecule has 8 nitrogen and oxygen atoms in total. The highest BCUT2D eigenvalue weighted by molar-refractivity contribution is 7.90. The monoisotopic (exact) mass is 419 g/mol. The van der Waals surface area contributed by atoms with Gasteiger partial charge in [-0.25, -0.2) is 13.2 Å². The molecule has 2 aromatic rings. The SMILES string of the molecule is CCOC(=O)c1c(CS(=O)(=O)c2ccccc2)ccc(C2=NOC(O)C2)c1OC. The number of aliphatic hydroxyl groups is 1. The molecule has 0 saturated heterocycles. The van der Waals surface area contributed by atoms with Crippen LogP contribution in [0.15, 0.2) is 52.5 Å². The number of rotatable bonds is 7. The van der Waals surface area contributed by atoms with Crippen LogP contribution in [0, 0.1) is 0 Å². The number of hydrogen-bond donors (Lipinski definition) is 1. The van der Waals surface area contributed by atoms with Gasteiger partial charge in [0.05, 0.1) is 36.5 Å². The summed E-state index contributed by atoms with van der Waals surface area (Å²) in [4.78, 5) is 17.6. The number of ether oxygens (including phenoxy) is 2. The van der Waals surface area contributed by atoms with Crippen LogP contribution in [-0.4, -0.2) is 45.2 Å². The van der Waals surface area contributed by atoms with E-state index in [1.165, 1.54) is 25.3 Å². The number of nitrogens with zero attached hydrogens (tertiary/aromatic N) is 1. The Hall–Kier alpha value is -2.91. The van der Waals surface area contributed by atoms with Gasteiger partial charge in [0.2, 0.25) is 6.29 Å². The second-order valence-corrected chi connectivity index (χ2v) is 8.26. The van der Waals surface area contributed by atoms with Crippen molar-refractivity contribution >= 4 is 21.5 Å². The van der Waals surface area contributed by atoms with Gasteiger partial charge in [-0.2, -0.15) is 0 Å². The van der Waals surface area contributed by atoms with E-state index in [2.05, 4.69) is 5.16 Å². The molecule has 0 bridgehead atoms. The van der Waals surface area contributed by atoms with Crippen molar-refractivity contribution in [3.05, 3.63) is 59.2 Å². The average molecular weight is 419 g/mol. The van der Waals surface area contributed by atoms with Crippen LogP contribution in [0.1, 0.15) is 34.8 Å². The first kappa shape index (κ1) is 20.8. The Kier molecular flexibility index (Phi) is 6.19. The smallest absolute Gasteiger partial charge is 0.342 e. The van der Waals surface area contributed by atoms with Crippen LogP contribution < -0.4 is 4.74 Å². The van der Waals surface area contributed by atoms with Crippen LogP contribution in [-0.2, 0) is 25.2 Å². The maximum atomic E-state index is 12.8. The van der Waals surface area contributed by atoms with Gasteiger partial charge in [-0.15, -0.1) is 0 Å². The van der Waals surface area contributed by atoms with Gasteiger partial charge < -0.3 is 19.4 Å². The van der Waals surface area contributed by atoms with Crippen LogP contribution in [0.2, 0.25) is 0 Å². The summed E-state index contributed by atoms with van der Waals surface area (Å²) < 4.78 is 36.3. The molecule has 1 atom stereocenters. The zero-order chi connectivity index (χ0) is 21.0. The molecule has 0 fully saturated rings. The Labute approximate surface area is 168 Å². The first-order valence-electron chi connectivity index (χ1n) is 8.93. The van der Waals surface area contributed by atoms with Gasteiger partial charge in [0.25, 0.3) is 0 Å². The van der Waals surface area contributed by atoms with Crippen LogP contribution in [0.3, 0.4) is 0 Å². The van der Waals surface area contributed by atoms with Crippen molar-refractivity contribution in [2.24, 2.45) is 5.16 Å². The molecular weight excluding hydrogens is 398 g/mol. The average Bonchev–Trinajstić information content (AvgIpc) is 3.14. The second kappa shape index (κ2) is 8.62. The van der Waals surface area contributed by atoms with Crippen LogP contribution in [0.25, 0.3) is 0 Å². The lowest BCUT2D eigenvalue weighted by atomic mass is 9.98. The largest absolute Gasteiger partial charge is 0.495 e. The van der Waals surface area contributed by atoms with Crippen LogP contribution in [0.4, 0.5) is 0 Å².